The van der Waals surface area contributed by atoms with Crippen molar-refractivity contribution in [2.24, 2.45) is 0 Å². The Morgan fingerprint density at radius 3 is 2.06 bits per heavy atom. The Kier molecular flexibility index (Phi) is 10.5. The van der Waals surface area contributed by atoms with Crippen LogP contribution >= 0.6 is 36.6 Å². The van der Waals surface area contributed by atoms with Crippen LogP contribution in [0.1, 0.15) is 37.9 Å². The third-order valence-electron chi connectivity index (χ3n) is 4.58. The van der Waals surface area contributed by atoms with Crippen LogP contribution in [0.5, 0.6) is 5.75 Å². The minimum absolute atomic E-state index is 0. The lowest BCUT2D eigenvalue weighted by atomic mass is 9.96. The van der Waals surface area contributed by atoms with Gasteiger partial charge < -0.3 is 10.1 Å². The summed E-state index contributed by atoms with van der Waals surface area (Å²) in [7, 11) is 0. The average molecular weight is 497 g/mol. The number of ether oxygens (including phenoxy) is 1. The second kappa shape index (κ2) is 11.7. The number of nitrogens with one attached hydrogen (secondary N) is 1. The molecular weight excluding hydrogens is 468 g/mol. The number of hydrogen-bond acceptors (Lipinski definition) is 4. The Morgan fingerprint density at radius 2 is 1.52 bits per heavy atom. The summed E-state index contributed by atoms with van der Waals surface area (Å²) in [4.78, 5) is 3.58. The molecule has 2 aromatic carbocycles. The van der Waals surface area contributed by atoms with E-state index in [0.29, 0.717) is 0 Å². The summed E-state index contributed by atoms with van der Waals surface area (Å²) in [5.41, 5.74) is 2.14. The van der Waals surface area contributed by atoms with Gasteiger partial charge >= 0.3 is 6.36 Å². The van der Waals surface area contributed by atoms with E-state index in [1.807, 2.05) is 23.9 Å². The van der Waals surface area contributed by atoms with Crippen molar-refractivity contribution in [3.8, 4) is 5.75 Å². The van der Waals surface area contributed by atoms with E-state index in [0.717, 1.165) is 31.7 Å². The van der Waals surface area contributed by atoms with Gasteiger partial charge in [0, 0.05) is 35.8 Å². The Morgan fingerprint density at radius 1 is 0.935 bits per heavy atom. The molecule has 0 bridgehead atoms. The van der Waals surface area contributed by atoms with Crippen LogP contribution in [-0.2, 0) is 0 Å². The molecule has 1 heterocycles. The standard InChI is InChI=1S/C22H27F3N2OS.2ClH/c1-21(2,3)29-19-7-5-4-6-18(19)20(27-14-12-26-13-15-27)16-8-10-17(11-9-16)28-22(23,24)25;;/h4-11,20,26H,12-15H2,1-3H3;2*1H/t20-;;/m0../s1. The molecule has 1 saturated heterocycles. The van der Waals surface area contributed by atoms with Gasteiger partial charge in [-0.3, -0.25) is 4.90 Å². The molecular formula is C22H29Cl2F3N2OS. The van der Waals surface area contributed by atoms with Crippen LogP contribution in [0, 0.1) is 0 Å². The number of benzene rings is 2. The van der Waals surface area contributed by atoms with Gasteiger partial charge in [0.15, 0.2) is 0 Å². The fourth-order valence-electron chi connectivity index (χ4n) is 3.51. The van der Waals surface area contributed by atoms with Crippen molar-refractivity contribution in [2.75, 3.05) is 26.2 Å². The van der Waals surface area contributed by atoms with Gasteiger partial charge in [-0.15, -0.1) is 49.7 Å². The topological polar surface area (TPSA) is 24.5 Å². The van der Waals surface area contributed by atoms with Crippen LogP contribution < -0.4 is 10.1 Å². The van der Waals surface area contributed by atoms with Gasteiger partial charge in [0.2, 0.25) is 0 Å². The van der Waals surface area contributed by atoms with Gasteiger partial charge in [0.1, 0.15) is 5.75 Å². The molecule has 0 aliphatic carbocycles. The first kappa shape index (κ1) is 27.9. The second-order valence-electron chi connectivity index (χ2n) is 8.06. The van der Waals surface area contributed by atoms with E-state index in [4.69, 9.17) is 0 Å². The molecule has 1 fully saturated rings. The van der Waals surface area contributed by atoms with Crippen molar-refractivity contribution in [3.63, 3.8) is 0 Å². The van der Waals surface area contributed by atoms with Crippen molar-refractivity contribution in [3.05, 3.63) is 59.7 Å². The number of thioether (sulfide) groups is 1. The molecule has 0 spiro atoms. The largest absolute Gasteiger partial charge is 0.573 e. The SMILES string of the molecule is CC(C)(C)Sc1ccccc1[C@H](c1ccc(OC(F)(F)F)cc1)N1CCNCC1.Cl.Cl. The smallest absolute Gasteiger partial charge is 0.406 e. The van der Waals surface area contributed by atoms with Crippen LogP contribution in [0.2, 0.25) is 0 Å². The van der Waals surface area contributed by atoms with Gasteiger partial charge in [0.05, 0.1) is 6.04 Å². The molecule has 3 nitrogen and oxygen atoms in total. The lowest BCUT2D eigenvalue weighted by Crippen LogP contribution is -2.45. The highest BCUT2D eigenvalue weighted by atomic mass is 35.5. The highest BCUT2D eigenvalue weighted by molar-refractivity contribution is 8.00. The molecule has 0 aromatic heterocycles. The van der Waals surface area contributed by atoms with Crippen molar-refractivity contribution in [1.29, 1.82) is 0 Å². The zero-order chi connectivity index (χ0) is 21.1. The minimum atomic E-state index is -4.69. The molecule has 1 aliphatic rings. The predicted molar refractivity (Wildman–Crippen MR) is 126 cm³/mol. The first-order valence-corrected chi connectivity index (χ1v) is 10.5. The molecule has 1 aliphatic heterocycles. The van der Waals surface area contributed by atoms with Gasteiger partial charge in [-0.05, 0) is 29.3 Å². The number of nitrogens with zero attached hydrogens (tertiary/aromatic N) is 1. The molecule has 2 aromatic rings. The molecule has 9 heteroatoms. The molecule has 1 N–H and O–H groups in total. The van der Waals surface area contributed by atoms with Crippen molar-refractivity contribution in [1.82, 2.24) is 10.2 Å². The first-order chi connectivity index (χ1) is 13.6. The third kappa shape index (κ3) is 8.39. The van der Waals surface area contributed by atoms with Gasteiger partial charge in [0.25, 0.3) is 0 Å². The summed E-state index contributed by atoms with van der Waals surface area (Å²) in [6, 6.07) is 14.6. The summed E-state index contributed by atoms with van der Waals surface area (Å²) in [5.74, 6) is -0.197. The normalized spacial score (nSPS) is 16.1. The molecule has 3 rings (SSSR count). The number of halogens is 5. The summed E-state index contributed by atoms with van der Waals surface area (Å²) < 4.78 is 41.7. The van der Waals surface area contributed by atoms with Crippen LogP contribution in [0.25, 0.3) is 0 Å². The molecule has 0 unspecified atom stereocenters. The van der Waals surface area contributed by atoms with E-state index >= 15 is 0 Å². The van der Waals surface area contributed by atoms with Crippen LogP contribution in [0.4, 0.5) is 13.2 Å². The minimum Gasteiger partial charge on any atom is -0.406 e. The lowest BCUT2D eigenvalue weighted by molar-refractivity contribution is -0.274. The molecule has 0 amide bonds. The van der Waals surface area contributed by atoms with Gasteiger partial charge in [-0.1, -0.05) is 51.1 Å². The van der Waals surface area contributed by atoms with Gasteiger partial charge in [-0.2, -0.15) is 0 Å². The molecule has 174 valence electrons. The number of alkyl halides is 3. The van der Waals surface area contributed by atoms with E-state index in [1.54, 1.807) is 12.1 Å². The van der Waals surface area contributed by atoms with Crippen LogP contribution in [-0.4, -0.2) is 42.2 Å². The lowest BCUT2D eigenvalue weighted by Gasteiger charge is -2.37. The fraction of sp³-hybridized carbons (Fsp3) is 0.455. The fourth-order valence-corrected chi connectivity index (χ4v) is 4.61. The van der Waals surface area contributed by atoms with Crippen LogP contribution in [0.3, 0.4) is 0 Å². The summed E-state index contributed by atoms with van der Waals surface area (Å²) in [5, 5.41) is 3.37. The van der Waals surface area contributed by atoms with Crippen molar-refractivity contribution >= 4 is 36.6 Å². The maximum atomic E-state index is 12.5. The summed E-state index contributed by atoms with van der Waals surface area (Å²) >= 11 is 1.81. The van der Waals surface area contributed by atoms with E-state index < -0.39 is 6.36 Å². The quantitative estimate of drug-likeness (QED) is 0.489. The zero-order valence-electron chi connectivity index (χ0n) is 17.7. The zero-order valence-corrected chi connectivity index (χ0v) is 20.2. The molecule has 0 saturated carbocycles. The number of piperazine rings is 1. The highest BCUT2D eigenvalue weighted by Gasteiger charge is 2.32. The van der Waals surface area contributed by atoms with E-state index in [-0.39, 0.29) is 41.4 Å². The van der Waals surface area contributed by atoms with E-state index in [2.05, 4.69) is 47.9 Å². The van der Waals surface area contributed by atoms with Gasteiger partial charge in [-0.25, -0.2) is 0 Å². The van der Waals surface area contributed by atoms with Crippen molar-refractivity contribution in [2.45, 2.75) is 42.8 Å². The maximum absolute atomic E-state index is 12.5. The number of hydrogen-bond donors (Lipinski definition) is 1. The second-order valence-corrected chi connectivity index (χ2v) is 9.93. The number of rotatable bonds is 5. The highest BCUT2D eigenvalue weighted by Crippen LogP contribution is 2.40. The molecule has 31 heavy (non-hydrogen) atoms. The average Bonchev–Trinajstić information content (AvgIpc) is 2.63. The molecule has 0 radical (unpaired) electrons. The third-order valence-corrected chi connectivity index (χ3v) is 5.78. The Hall–Kier alpha value is -1.12. The Bertz CT molecular complexity index is 808. The van der Waals surface area contributed by atoms with E-state index in [9.17, 15) is 13.2 Å². The predicted octanol–water partition coefficient (Wildman–Crippen LogP) is 6.31. The molecule has 1 atom stereocenters. The van der Waals surface area contributed by atoms with E-state index in [1.165, 1.54) is 22.6 Å². The summed E-state index contributed by atoms with van der Waals surface area (Å²) in [6.07, 6.45) is -4.69. The monoisotopic (exact) mass is 496 g/mol. The Balaban J connectivity index is 0.00000240. The maximum Gasteiger partial charge on any atom is 0.573 e. The van der Waals surface area contributed by atoms with Crippen molar-refractivity contribution < 1.29 is 17.9 Å². The first-order valence-electron chi connectivity index (χ1n) is 9.71. The van der Waals surface area contributed by atoms with Crippen LogP contribution in [0.15, 0.2) is 53.4 Å². The Labute approximate surface area is 198 Å². The summed E-state index contributed by atoms with van der Waals surface area (Å²) in [6.45, 7) is 10.1.